The van der Waals surface area contributed by atoms with Gasteiger partial charge >= 0.3 is 0 Å². The van der Waals surface area contributed by atoms with Gasteiger partial charge in [-0.15, -0.1) is 0 Å². The largest absolute Gasteiger partial charge is 0.357 e. The quantitative estimate of drug-likeness (QED) is 0.771. The molecule has 0 aliphatic heterocycles. The van der Waals surface area contributed by atoms with Crippen LogP contribution in [0.5, 0.6) is 0 Å². The highest BCUT2D eigenvalue weighted by Gasteiger charge is 2.19. The first kappa shape index (κ1) is 17.3. The highest BCUT2D eigenvalue weighted by Crippen LogP contribution is 2.22. The van der Waals surface area contributed by atoms with E-state index in [0.717, 1.165) is 23.3 Å². The minimum Gasteiger partial charge on any atom is -0.357 e. The third kappa shape index (κ3) is 3.45. The van der Waals surface area contributed by atoms with Gasteiger partial charge in [-0.3, -0.25) is 9.48 Å². The van der Waals surface area contributed by atoms with Crippen LogP contribution in [0.3, 0.4) is 0 Å². The summed E-state index contributed by atoms with van der Waals surface area (Å²) in [4.78, 5) is 18.0. The Labute approximate surface area is 148 Å². The first-order valence-corrected chi connectivity index (χ1v) is 8.71. The van der Waals surface area contributed by atoms with Gasteiger partial charge in [-0.25, -0.2) is 0 Å². The van der Waals surface area contributed by atoms with Crippen LogP contribution in [0.4, 0.5) is 0 Å². The van der Waals surface area contributed by atoms with Crippen molar-refractivity contribution in [1.29, 1.82) is 0 Å². The molecule has 0 spiro atoms. The summed E-state index contributed by atoms with van der Waals surface area (Å²) in [5.74, 6) is 0.507. The van der Waals surface area contributed by atoms with E-state index in [0.29, 0.717) is 18.2 Å². The van der Waals surface area contributed by atoms with Crippen LogP contribution in [0, 0.1) is 12.8 Å². The number of aromatic nitrogens is 3. The van der Waals surface area contributed by atoms with Gasteiger partial charge in [0.2, 0.25) is 0 Å². The number of aromatic amines is 1. The zero-order valence-electron chi connectivity index (χ0n) is 15.6. The van der Waals surface area contributed by atoms with Gasteiger partial charge in [-0.2, -0.15) is 5.10 Å². The number of nitrogens with zero attached hydrogens (tertiary/aromatic N) is 3. The molecule has 0 bridgehead atoms. The number of nitrogens with one attached hydrogen (secondary N) is 1. The third-order valence-corrected chi connectivity index (χ3v) is 4.58. The maximum absolute atomic E-state index is 12.8. The predicted molar refractivity (Wildman–Crippen MR) is 101 cm³/mol. The first-order chi connectivity index (χ1) is 11.9. The Morgan fingerprint density at radius 1 is 1.32 bits per heavy atom. The Hall–Kier alpha value is -2.56. The standard InChI is InChI=1S/C20H26N4O/c1-13(2)10-15-11-19(24(5)22-15)20(25)23(4)12-18-14(3)16-8-6-7-9-17(16)21-18/h6-9,11,13,21H,10,12H2,1-5H3. The summed E-state index contributed by atoms with van der Waals surface area (Å²) >= 11 is 0. The van der Waals surface area contributed by atoms with Crippen molar-refractivity contribution in [1.82, 2.24) is 19.7 Å². The average Bonchev–Trinajstić information content (AvgIpc) is 3.07. The lowest BCUT2D eigenvalue weighted by Crippen LogP contribution is -2.28. The number of fused-ring (bicyclic) bond motifs is 1. The molecule has 1 amide bonds. The van der Waals surface area contributed by atoms with E-state index >= 15 is 0 Å². The predicted octanol–water partition coefficient (Wildman–Crippen LogP) is 3.68. The number of carbonyl (C=O) groups excluding carboxylic acids is 1. The Morgan fingerprint density at radius 3 is 2.72 bits per heavy atom. The van der Waals surface area contributed by atoms with Crippen LogP contribution in [0.1, 0.15) is 41.3 Å². The molecule has 0 fully saturated rings. The van der Waals surface area contributed by atoms with E-state index in [-0.39, 0.29) is 5.91 Å². The number of aryl methyl sites for hydroxylation is 2. The lowest BCUT2D eigenvalue weighted by molar-refractivity contribution is 0.0772. The number of benzene rings is 1. The third-order valence-electron chi connectivity index (χ3n) is 4.58. The SMILES string of the molecule is Cc1c(CN(C)C(=O)c2cc(CC(C)C)nn2C)[nH]c2ccccc12. The van der Waals surface area contributed by atoms with Crippen molar-refractivity contribution >= 4 is 16.8 Å². The summed E-state index contributed by atoms with van der Waals surface area (Å²) < 4.78 is 1.69. The summed E-state index contributed by atoms with van der Waals surface area (Å²) in [6, 6.07) is 10.1. The van der Waals surface area contributed by atoms with E-state index in [9.17, 15) is 4.79 Å². The van der Waals surface area contributed by atoms with Crippen LogP contribution < -0.4 is 0 Å². The van der Waals surface area contributed by atoms with Crippen molar-refractivity contribution < 1.29 is 4.79 Å². The van der Waals surface area contributed by atoms with Gasteiger partial charge in [0.25, 0.3) is 5.91 Å². The van der Waals surface area contributed by atoms with Crippen LogP contribution in [0.15, 0.2) is 30.3 Å². The van der Waals surface area contributed by atoms with Gasteiger partial charge in [0.15, 0.2) is 0 Å². The van der Waals surface area contributed by atoms with Gasteiger partial charge < -0.3 is 9.88 Å². The number of H-pyrrole nitrogens is 1. The molecule has 5 nitrogen and oxygen atoms in total. The zero-order chi connectivity index (χ0) is 18.1. The zero-order valence-corrected chi connectivity index (χ0v) is 15.6. The number of amides is 1. The molecule has 0 atom stereocenters. The van der Waals surface area contributed by atoms with Crippen molar-refractivity contribution in [3.63, 3.8) is 0 Å². The van der Waals surface area contributed by atoms with E-state index < -0.39 is 0 Å². The second-order valence-electron chi connectivity index (χ2n) is 7.18. The van der Waals surface area contributed by atoms with Crippen molar-refractivity contribution in [2.24, 2.45) is 13.0 Å². The molecule has 0 saturated heterocycles. The number of carbonyl (C=O) groups is 1. The Balaban J connectivity index is 1.80. The topological polar surface area (TPSA) is 53.9 Å². The second-order valence-corrected chi connectivity index (χ2v) is 7.18. The normalized spacial score (nSPS) is 11.4. The molecule has 0 saturated carbocycles. The van der Waals surface area contributed by atoms with Gasteiger partial charge in [-0.05, 0) is 37.0 Å². The molecule has 132 valence electrons. The highest BCUT2D eigenvalue weighted by molar-refractivity contribution is 5.92. The molecule has 3 aromatic rings. The molecule has 0 unspecified atom stereocenters. The van der Waals surface area contributed by atoms with Crippen molar-refractivity contribution in [2.75, 3.05) is 7.05 Å². The summed E-state index contributed by atoms with van der Waals surface area (Å²) in [6.45, 7) is 6.95. The summed E-state index contributed by atoms with van der Waals surface area (Å²) in [7, 11) is 3.67. The fourth-order valence-corrected chi connectivity index (χ4v) is 3.25. The molecule has 0 aliphatic rings. The summed E-state index contributed by atoms with van der Waals surface area (Å²) in [5, 5.41) is 5.68. The van der Waals surface area contributed by atoms with Crippen LogP contribution in [-0.2, 0) is 20.0 Å². The van der Waals surface area contributed by atoms with E-state index in [4.69, 9.17) is 0 Å². The minimum absolute atomic E-state index is 0.0111. The highest BCUT2D eigenvalue weighted by atomic mass is 16.2. The Morgan fingerprint density at radius 2 is 2.04 bits per heavy atom. The lowest BCUT2D eigenvalue weighted by Gasteiger charge is -2.17. The van der Waals surface area contributed by atoms with Gasteiger partial charge in [0.05, 0.1) is 12.2 Å². The number of para-hydroxylation sites is 1. The van der Waals surface area contributed by atoms with Crippen LogP contribution in [0.25, 0.3) is 10.9 Å². The Bertz CT molecular complexity index is 904. The van der Waals surface area contributed by atoms with Crippen molar-refractivity contribution in [3.05, 3.63) is 53.0 Å². The molecule has 0 aliphatic carbocycles. The number of hydrogen-bond donors (Lipinski definition) is 1. The molecular formula is C20H26N4O. The fourth-order valence-electron chi connectivity index (χ4n) is 3.25. The molecule has 5 heteroatoms. The first-order valence-electron chi connectivity index (χ1n) is 8.71. The molecule has 2 aromatic heterocycles. The Kier molecular flexibility index (Phi) is 4.66. The molecule has 0 radical (unpaired) electrons. The van der Waals surface area contributed by atoms with E-state index in [1.807, 2.05) is 32.3 Å². The smallest absolute Gasteiger partial charge is 0.272 e. The monoisotopic (exact) mass is 338 g/mol. The maximum atomic E-state index is 12.8. The number of hydrogen-bond acceptors (Lipinski definition) is 2. The fraction of sp³-hybridized carbons (Fsp3) is 0.400. The van der Waals surface area contributed by atoms with E-state index in [1.165, 1.54) is 10.9 Å². The van der Waals surface area contributed by atoms with Gasteiger partial charge in [-0.1, -0.05) is 32.0 Å². The second kappa shape index (κ2) is 6.75. The summed E-state index contributed by atoms with van der Waals surface area (Å²) in [5.41, 5.74) is 4.97. The molecule has 25 heavy (non-hydrogen) atoms. The molecule has 1 N–H and O–H groups in total. The average molecular weight is 338 g/mol. The van der Waals surface area contributed by atoms with Gasteiger partial charge in [0, 0.05) is 30.7 Å². The van der Waals surface area contributed by atoms with Crippen molar-refractivity contribution in [3.8, 4) is 0 Å². The van der Waals surface area contributed by atoms with E-state index in [2.05, 4.69) is 43.0 Å². The van der Waals surface area contributed by atoms with Gasteiger partial charge in [0.1, 0.15) is 5.69 Å². The lowest BCUT2D eigenvalue weighted by atomic mass is 10.1. The van der Waals surface area contributed by atoms with Crippen molar-refractivity contribution in [2.45, 2.75) is 33.7 Å². The molecule has 2 heterocycles. The maximum Gasteiger partial charge on any atom is 0.272 e. The van der Waals surface area contributed by atoms with Crippen LogP contribution >= 0.6 is 0 Å². The molecule has 1 aromatic carbocycles. The van der Waals surface area contributed by atoms with Crippen LogP contribution in [-0.4, -0.2) is 32.6 Å². The van der Waals surface area contributed by atoms with E-state index in [1.54, 1.807) is 9.58 Å². The molecular weight excluding hydrogens is 312 g/mol. The molecule has 3 rings (SSSR count). The number of rotatable bonds is 5. The minimum atomic E-state index is -0.0111. The van der Waals surface area contributed by atoms with Crippen LogP contribution in [0.2, 0.25) is 0 Å². The summed E-state index contributed by atoms with van der Waals surface area (Å²) in [6.07, 6.45) is 0.881.